The first-order valence-corrected chi connectivity index (χ1v) is 11.7. The summed E-state index contributed by atoms with van der Waals surface area (Å²) < 4.78 is 196. The lowest BCUT2D eigenvalue weighted by Crippen LogP contribution is -2.84. The van der Waals surface area contributed by atoms with E-state index >= 15 is 4.39 Å². The fourth-order valence-corrected chi connectivity index (χ4v) is 6.68. The van der Waals surface area contributed by atoms with E-state index in [1.165, 1.54) is 0 Å². The number of carbonyl (C=O) groups is 1. The molecule has 5 saturated carbocycles. The molecule has 226 valence electrons. The standard InChI is InChI=1S/C19H17F13O6S/c20-13(15(23,24)17(27,28)19(31,32)18(29,30)16(13,25)26)7-35-11-2-8-1-9(3-11)5-12(4-8,6-11)36-10(33)14(21,22)39-38-37-34/h8-9,34H,1-7H2. The van der Waals surface area contributed by atoms with Crippen molar-refractivity contribution in [3.63, 3.8) is 0 Å². The molecule has 2 unspecified atom stereocenters. The Labute approximate surface area is 213 Å². The molecule has 5 aliphatic rings. The van der Waals surface area contributed by atoms with Gasteiger partial charge in [-0.25, -0.2) is 14.4 Å². The van der Waals surface area contributed by atoms with Gasteiger partial charge >= 0.3 is 40.8 Å². The lowest BCUT2D eigenvalue weighted by atomic mass is 9.52. The number of esters is 1. The van der Waals surface area contributed by atoms with Crippen LogP contribution >= 0.6 is 12.0 Å². The van der Waals surface area contributed by atoms with Gasteiger partial charge in [0.25, 0.3) is 5.67 Å². The summed E-state index contributed by atoms with van der Waals surface area (Å²) in [4.78, 5) is 12.0. The third kappa shape index (κ3) is 3.97. The molecule has 2 atom stereocenters. The Morgan fingerprint density at radius 3 is 1.67 bits per heavy atom. The first kappa shape index (κ1) is 30.7. The van der Waals surface area contributed by atoms with Crippen LogP contribution in [0.1, 0.15) is 38.5 Å². The lowest BCUT2D eigenvalue weighted by molar-refractivity contribution is -0.489. The monoisotopic (exact) mass is 620 g/mol. The van der Waals surface area contributed by atoms with Gasteiger partial charge in [0.1, 0.15) is 17.6 Å². The lowest BCUT2D eigenvalue weighted by Gasteiger charge is -2.61. The maximum absolute atomic E-state index is 15.2. The quantitative estimate of drug-likeness (QED) is 0.114. The number of hydrogen-bond acceptors (Lipinski definition) is 7. The molecule has 1 N–H and O–H groups in total. The van der Waals surface area contributed by atoms with E-state index in [0.717, 1.165) is 0 Å². The van der Waals surface area contributed by atoms with Crippen LogP contribution in [0.4, 0.5) is 57.1 Å². The molecule has 0 saturated heterocycles. The van der Waals surface area contributed by atoms with E-state index in [0.29, 0.717) is 0 Å². The average Bonchev–Trinajstić information content (AvgIpc) is 2.78. The summed E-state index contributed by atoms with van der Waals surface area (Å²) >= 11 is -0.989. The molecule has 0 aromatic rings. The normalized spacial score (nSPS) is 38.4. The third-order valence-corrected chi connectivity index (χ3v) is 8.32. The van der Waals surface area contributed by atoms with Gasteiger partial charge in [0, 0.05) is 6.42 Å². The molecule has 0 heterocycles. The molecule has 20 heteroatoms. The number of ether oxygens (including phenoxy) is 2. The van der Waals surface area contributed by atoms with Crippen molar-refractivity contribution in [2.24, 2.45) is 11.8 Å². The molecule has 5 aliphatic carbocycles. The summed E-state index contributed by atoms with van der Waals surface area (Å²) in [6, 6.07) is 0. The van der Waals surface area contributed by atoms with Crippen LogP contribution in [0.3, 0.4) is 0 Å². The van der Waals surface area contributed by atoms with Gasteiger partial charge in [0.05, 0.1) is 12.2 Å². The maximum Gasteiger partial charge on any atom is 0.415 e. The van der Waals surface area contributed by atoms with E-state index in [1.807, 2.05) is 0 Å². The average molecular weight is 620 g/mol. The zero-order valence-electron chi connectivity index (χ0n) is 18.9. The number of carbonyl (C=O) groups excluding carboxylic acids is 1. The maximum atomic E-state index is 15.2. The summed E-state index contributed by atoms with van der Waals surface area (Å²) in [5.74, 6) is -39.6. The summed E-state index contributed by atoms with van der Waals surface area (Å²) in [6.45, 7) is -2.91. The van der Waals surface area contributed by atoms with Gasteiger partial charge in [-0.15, -0.1) is 4.33 Å². The van der Waals surface area contributed by atoms with E-state index in [9.17, 15) is 57.5 Å². The van der Waals surface area contributed by atoms with Crippen molar-refractivity contribution in [1.29, 1.82) is 0 Å². The summed E-state index contributed by atoms with van der Waals surface area (Å²) in [5, 5.41) is 6.44. The minimum atomic E-state index is -7.37. The summed E-state index contributed by atoms with van der Waals surface area (Å²) in [5.41, 5.74) is -10.3. The Kier molecular flexibility index (Phi) is 6.80. The molecule has 6 nitrogen and oxygen atoms in total. The minimum absolute atomic E-state index is 0.159. The van der Waals surface area contributed by atoms with Crippen LogP contribution in [-0.2, 0) is 23.6 Å². The second-order valence-electron chi connectivity index (χ2n) is 10.4. The van der Waals surface area contributed by atoms with Crippen molar-refractivity contribution in [2.75, 3.05) is 6.61 Å². The van der Waals surface area contributed by atoms with Crippen LogP contribution in [-0.4, -0.2) is 69.6 Å². The van der Waals surface area contributed by atoms with Crippen molar-refractivity contribution in [3.05, 3.63) is 0 Å². The van der Waals surface area contributed by atoms with Crippen molar-refractivity contribution in [3.8, 4) is 0 Å². The van der Waals surface area contributed by atoms with Gasteiger partial charge in [0.2, 0.25) is 0 Å². The van der Waals surface area contributed by atoms with Gasteiger partial charge in [-0.1, -0.05) is 5.04 Å². The van der Waals surface area contributed by atoms with Gasteiger partial charge < -0.3 is 9.47 Å². The van der Waals surface area contributed by atoms with Crippen LogP contribution in [0.2, 0.25) is 0 Å². The third-order valence-electron chi connectivity index (χ3n) is 7.82. The molecule has 39 heavy (non-hydrogen) atoms. The van der Waals surface area contributed by atoms with E-state index in [2.05, 4.69) is 9.37 Å². The van der Waals surface area contributed by atoms with E-state index in [4.69, 9.17) is 14.7 Å². The predicted molar refractivity (Wildman–Crippen MR) is 98.1 cm³/mol. The largest absolute Gasteiger partial charge is 0.454 e. The van der Waals surface area contributed by atoms with Gasteiger partial charge in [-0.2, -0.15) is 52.7 Å². The van der Waals surface area contributed by atoms with E-state index < -0.39 is 94.6 Å². The van der Waals surface area contributed by atoms with Crippen LogP contribution in [0.15, 0.2) is 0 Å². The highest BCUT2D eigenvalue weighted by atomic mass is 32.2. The molecule has 0 spiro atoms. The van der Waals surface area contributed by atoms with Crippen LogP contribution in [0.25, 0.3) is 0 Å². The Balaban J connectivity index is 1.62. The number of halogens is 13. The van der Waals surface area contributed by atoms with Crippen molar-refractivity contribution < 1.29 is 86.0 Å². The number of hydrogen-bond donors (Lipinski definition) is 1. The van der Waals surface area contributed by atoms with Gasteiger partial charge in [0.15, 0.2) is 0 Å². The second kappa shape index (κ2) is 8.64. The molecule has 0 radical (unpaired) electrons. The van der Waals surface area contributed by atoms with E-state index in [-0.39, 0.29) is 32.1 Å². The fourth-order valence-electron chi connectivity index (χ4n) is 6.45. The van der Waals surface area contributed by atoms with Crippen LogP contribution < -0.4 is 0 Å². The van der Waals surface area contributed by atoms with Gasteiger partial charge in [-0.05, 0) is 43.9 Å². The number of alkyl halides is 13. The zero-order valence-corrected chi connectivity index (χ0v) is 19.7. The summed E-state index contributed by atoms with van der Waals surface area (Å²) in [6.07, 6.45) is -1.42. The molecule has 0 aromatic carbocycles. The van der Waals surface area contributed by atoms with Crippen molar-refractivity contribution in [1.82, 2.24) is 0 Å². The molecule has 4 bridgehead atoms. The Morgan fingerprint density at radius 2 is 1.21 bits per heavy atom. The highest BCUT2D eigenvalue weighted by molar-refractivity contribution is 7.96. The Hall–Kier alpha value is -1.25. The molecule has 0 aliphatic heterocycles. The Morgan fingerprint density at radius 1 is 0.769 bits per heavy atom. The Bertz CT molecular complexity index is 964. The smallest absolute Gasteiger partial charge is 0.415 e. The summed E-state index contributed by atoms with van der Waals surface area (Å²) in [7, 11) is 0. The highest BCUT2D eigenvalue weighted by Crippen LogP contribution is 2.70. The van der Waals surface area contributed by atoms with Crippen LogP contribution in [0, 0.1) is 11.8 Å². The van der Waals surface area contributed by atoms with Crippen LogP contribution in [0.5, 0.6) is 0 Å². The first-order valence-electron chi connectivity index (χ1n) is 11.0. The second-order valence-corrected chi connectivity index (χ2v) is 11.2. The van der Waals surface area contributed by atoms with Gasteiger partial charge in [-0.3, -0.25) is 0 Å². The molecular weight excluding hydrogens is 603 g/mol. The first-order chi connectivity index (χ1) is 17.5. The molecule has 5 fully saturated rings. The molecule has 5 rings (SSSR count). The molecule has 0 aromatic heterocycles. The predicted octanol–water partition coefficient (Wildman–Crippen LogP) is 6.20. The highest BCUT2D eigenvalue weighted by Gasteiger charge is 3.01. The topological polar surface area (TPSA) is 74.2 Å². The minimum Gasteiger partial charge on any atom is -0.454 e. The molecule has 0 amide bonds. The van der Waals surface area contributed by atoms with Crippen molar-refractivity contribution >= 4 is 18.0 Å². The van der Waals surface area contributed by atoms with Crippen molar-refractivity contribution in [2.45, 2.75) is 90.3 Å². The number of rotatable bonds is 8. The molecular formula is C19H17F13O6S. The SMILES string of the molecule is O=C(OC12CC3CC(CC(OCC4(F)C(F)(F)C(F)(F)C(F)(F)C(F)(F)C4(F)F)(C3)C1)C2)C(F)(F)SOOO. The fraction of sp³-hybridized carbons (Fsp3) is 0.947. The zero-order chi connectivity index (χ0) is 29.7. The van der Waals surface area contributed by atoms with E-state index in [1.54, 1.807) is 0 Å².